The van der Waals surface area contributed by atoms with Crippen molar-refractivity contribution in [1.29, 1.82) is 0 Å². The first-order chi connectivity index (χ1) is 8.60. The van der Waals surface area contributed by atoms with Crippen molar-refractivity contribution in [3.8, 4) is 5.69 Å². The van der Waals surface area contributed by atoms with Gasteiger partial charge < -0.3 is 5.32 Å². The molecule has 18 heavy (non-hydrogen) atoms. The Labute approximate surface area is 103 Å². The number of hydrogen-bond donors (Lipinski definition) is 2. The van der Waals surface area contributed by atoms with E-state index in [-0.39, 0.29) is 11.6 Å². The number of H-pyrrole nitrogens is 1. The van der Waals surface area contributed by atoms with Crippen molar-refractivity contribution in [2.24, 2.45) is 0 Å². The average Bonchev–Trinajstić information content (AvgIpc) is 2.69. The van der Waals surface area contributed by atoms with Crippen LogP contribution in [0.3, 0.4) is 0 Å². The second kappa shape index (κ2) is 4.70. The number of benzene rings is 1. The molecule has 0 bridgehead atoms. The first-order valence-corrected chi connectivity index (χ1v) is 5.30. The Kier molecular flexibility index (Phi) is 3.09. The van der Waals surface area contributed by atoms with Crippen LogP contribution in [0.5, 0.6) is 0 Å². The van der Waals surface area contributed by atoms with Crippen molar-refractivity contribution >= 4 is 11.6 Å². The summed E-state index contributed by atoms with van der Waals surface area (Å²) < 4.78 is 1.26. The van der Waals surface area contributed by atoms with Gasteiger partial charge in [-0.25, -0.2) is 4.79 Å². The molecule has 6 nitrogen and oxygen atoms in total. The summed E-state index contributed by atoms with van der Waals surface area (Å²) in [5, 5.41) is 6.65. The number of aromatic amines is 1. The molecular formula is C12H12N4O2. The smallest absolute Gasteiger partial charge is 0.323 e. The monoisotopic (exact) mass is 244 g/mol. The van der Waals surface area contributed by atoms with Gasteiger partial charge in [-0.3, -0.25) is 9.78 Å². The lowest BCUT2D eigenvalue weighted by molar-refractivity contribution is -0.111. The van der Waals surface area contributed by atoms with Gasteiger partial charge in [0.05, 0.1) is 5.69 Å². The number of aryl methyl sites for hydroxylation is 1. The second-order valence-electron chi connectivity index (χ2n) is 3.67. The van der Waals surface area contributed by atoms with Crippen molar-refractivity contribution in [1.82, 2.24) is 14.8 Å². The fourth-order valence-corrected chi connectivity index (χ4v) is 1.48. The van der Waals surface area contributed by atoms with E-state index in [1.807, 2.05) is 0 Å². The highest BCUT2D eigenvalue weighted by Crippen LogP contribution is 2.11. The van der Waals surface area contributed by atoms with Crippen LogP contribution in [0.1, 0.15) is 5.82 Å². The van der Waals surface area contributed by atoms with Gasteiger partial charge in [0.15, 0.2) is 0 Å². The molecule has 0 aliphatic carbocycles. The highest BCUT2D eigenvalue weighted by atomic mass is 16.2. The van der Waals surface area contributed by atoms with Crippen LogP contribution in [0.2, 0.25) is 0 Å². The van der Waals surface area contributed by atoms with Gasteiger partial charge in [-0.05, 0) is 37.3 Å². The molecule has 2 rings (SSSR count). The number of carbonyl (C=O) groups excluding carboxylic acids is 1. The number of rotatable bonds is 3. The zero-order valence-corrected chi connectivity index (χ0v) is 9.80. The van der Waals surface area contributed by atoms with Crippen LogP contribution in [-0.4, -0.2) is 20.7 Å². The standard InChI is InChI=1S/C12H12N4O2/c1-3-11(17)14-9-4-6-10(7-5-9)16-12(18)13-8(2)15-16/h3-7H,1H2,2H3,(H,14,17)(H,13,15,18). The molecule has 2 aromatic rings. The molecular weight excluding hydrogens is 232 g/mol. The van der Waals surface area contributed by atoms with Crippen LogP contribution in [0.25, 0.3) is 5.69 Å². The summed E-state index contributed by atoms with van der Waals surface area (Å²) in [6.45, 7) is 5.07. The minimum atomic E-state index is -0.296. The quantitative estimate of drug-likeness (QED) is 0.790. The van der Waals surface area contributed by atoms with E-state index in [4.69, 9.17) is 0 Å². The number of nitrogens with zero attached hydrogens (tertiary/aromatic N) is 2. The third-order valence-corrected chi connectivity index (χ3v) is 2.30. The van der Waals surface area contributed by atoms with Gasteiger partial charge in [0.25, 0.3) is 0 Å². The van der Waals surface area contributed by atoms with E-state index >= 15 is 0 Å². The number of amides is 1. The van der Waals surface area contributed by atoms with Crippen molar-refractivity contribution < 1.29 is 4.79 Å². The Morgan fingerprint density at radius 2 is 2.11 bits per heavy atom. The van der Waals surface area contributed by atoms with Crippen LogP contribution in [0.15, 0.2) is 41.7 Å². The van der Waals surface area contributed by atoms with Crippen molar-refractivity contribution in [2.75, 3.05) is 5.32 Å². The predicted octanol–water partition coefficient (Wildman–Crippen LogP) is 0.994. The third kappa shape index (κ3) is 2.37. The summed E-state index contributed by atoms with van der Waals surface area (Å²) in [7, 11) is 0. The summed E-state index contributed by atoms with van der Waals surface area (Å²) in [5.74, 6) is 0.263. The van der Waals surface area contributed by atoms with Gasteiger partial charge in [0, 0.05) is 5.69 Å². The average molecular weight is 244 g/mol. The summed E-state index contributed by atoms with van der Waals surface area (Å²) in [6.07, 6.45) is 1.19. The Bertz CT molecular complexity index is 637. The van der Waals surface area contributed by atoms with Crippen LogP contribution in [-0.2, 0) is 4.79 Å². The molecule has 0 aliphatic heterocycles. The lowest BCUT2D eigenvalue weighted by atomic mass is 10.3. The molecule has 1 amide bonds. The predicted molar refractivity (Wildman–Crippen MR) is 67.7 cm³/mol. The maximum atomic E-state index is 11.5. The van der Waals surface area contributed by atoms with E-state index in [0.717, 1.165) is 0 Å². The van der Waals surface area contributed by atoms with Crippen molar-refractivity contribution in [2.45, 2.75) is 6.92 Å². The zero-order valence-electron chi connectivity index (χ0n) is 9.80. The minimum absolute atomic E-state index is 0.282. The summed E-state index contributed by atoms with van der Waals surface area (Å²) >= 11 is 0. The van der Waals surface area contributed by atoms with Crippen LogP contribution >= 0.6 is 0 Å². The molecule has 0 unspecified atom stereocenters. The van der Waals surface area contributed by atoms with Gasteiger partial charge in [-0.2, -0.15) is 9.78 Å². The highest BCUT2D eigenvalue weighted by Gasteiger charge is 2.04. The molecule has 1 heterocycles. The maximum absolute atomic E-state index is 11.5. The molecule has 0 fully saturated rings. The Balaban J connectivity index is 2.27. The second-order valence-corrected chi connectivity index (χ2v) is 3.67. The number of hydrogen-bond acceptors (Lipinski definition) is 3. The molecule has 0 aliphatic rings. The lowest BCUT2D eigenvalue weighted by Crippen LogP contribution is -2.16. The fourth-order valence-electron chi connectivity index (χ4n) is 1.48. The first-order valence-electron chi connectivity index (χ1n) is 5.30. The van der Waals surface area contributed by atoms with Crippen LogP contribution < -0.4 is 11.0 Å². The summed E-state index contributed by atoms with van der Waals surface area (Å²) in [4.78, 5) is 25.2. The van der Waals surface area contributed by atoms with E-state index in [1.165, 1.54) is 10.8 Å². The lowest BCUT2D eigenvalue weighted by Gasteiger charge is -2.03. The fraction of sp³-hybridized carbons (Fsp3) is 0.0833. The van der Waals surface area contributed by atoms with Crippen molar-refractivity contribution in [3.63, 3.8) is 0 Å². The normalized spacial score (nSPS) is 10.1. The molecule has 0 saturated heterocycles. The van der Waals surface area contributed by atoms with E-state index in [2.05, 4.69) is 22.0 Å². The molecule has 2 N–H and O–H groups in total. The Morgan fingerprint density at radius 1 is 1.44 bits per heavy atom. The van der Waals surface area contributed by atoms with Gasteiger partial charge in [-0.15, -0.1) is 0 Å². The van der Waals surface area contributed by atoms with E-state index in [0.29, 0.717) is 17.2 Å². The molecule has 0 spiro atoms. The molecule has 0 atom stereocenters. The zero-order chi connectivity index (χ0) is 13.1. The van der Waals surface area contributed by atoms with Crippen molar-refractivity contribution in [3.05, 3.63) is 53.2 Å². The van der Waals surface area contributed by atoms with Gasteiger partial charge in [0.1, 0.15) is 5.82 Å². The van der Waals surface area contributed by atoms with E-state index in [1.54, 1.807) is 31.2 Å². The molecule has 0 radical (unpaired) electrons. The summed E-state index contributed by atoms with van der Waals surface area (Å²) in [5.41, 5.74) is 0.959. The number of carbonyl (C=O) groups is 1. The van der Waals surface area contributed by atoms with Gasteiger partial charge in [0.2, 0.25) is 5.91 Å². The highest BCUT2D eigenvalue weighted by molar-refractivity contribution is 5.98. The van der Waals surface area contributed by atoms with Crippen LogP contribution in [0, 0.1) is 6.92 Å². The van der Waals surface area contributed by atoms with E-state index < -0.39 is 0 Å². The molecule has 1 aromatic heterocycles. The van der Waals surface area contributed by atoms with Gasteiger partial charge >= 0.3 is 5.69 Å². The SMILES string of the molecule is C=CC(=O)Nc1ccc(-n2nc(C)[nH]c2=O)cc1. The molecule has 0 saturated carbocycles. The van der Waals surface area contributed by atoms with Gasteiger partial charge in [-0.1, -0.05) is 6.58 Å². The topological polar surface area (TPSA) is 79.8 Å². The number of anilines is 1. The summed E-state index contributed by atoms with van der Waals surface area (Å²) in [6, 6.07) is 6.77. The first kappa shape index (κ1) is 11.8. The largest absolute Gasteiger partial charge is 0.348 e. The molecule has 92 valence electrons. The minimum Gasteiger partial charge on any atom is -0.323 e. The number of aromatic nitrogens is 3. The maximum Gasteiger partial charge on any atom is 0.348 e. The third-order valence-electron chi connectivity index (χ3n) is 2.30. The van der Waals surface area contributed by atoms with E-state index in [9.17, 15) is 9.59 Å². The molecule has 1 aromatic carbocycles. The molecule has 6 heteroatoms. The Morgan fingerprint density at radius 3 is 2.61 bits per heavy atom. The number of nitrogens with one attached hydrogen (secondary N) is 2. The van der Waals surface area contributed by atoms with Crippen LogP contribution in [0.4, 0.5) is 5.69 Å². The Hall–Kier alpha value is -2.63.